The number of hydrogen-bond donors (Lipinski definition) is 1. The van der Waals surface area contributed by atoms with E-state index < -0.39 is 0 Å². The zero-order valence-corrected chi connectivity index (χ0v) is 12.1. The van der Waals surface area contributed by atoms with Crippen LogP contribution in [-0.2, 0) is 24.8 Å². The molecule has 4 nitrogen and oxygen atoms in total. The zero-order chi connectivity index (χ0) is 12.3. The number of rotatable bonds is 5. The largest absolute Gasteiger partial charge is 0.375 e. The molecular formula is C12H20BrN3O. The first-order valence-electron chi connectivity index (χ1n) is 6.21. The summed E-state index contributed by atoms with van der Waals surface area (Å²) >= 11 is 3.60. The summed E-state index contributed by atoms with van der Waals surface area (Å²) in [6.07, 6.45) is 2.17. The van der Waals surface area contributed by atoms with E-state index in [0.29, 0.717) is 12.5 Å². The maximum absolute atomic E-state index is 5.79. The Kier molecular flexibility index (Phi) is 4.59. The molecule has 0 aliphatic carbocycles. The maximum atomic E-state index is 5.79. The average molecular weight is 302 g/mol. The Balaban J connectivity index is 1.87. The Hall–Kier alpha value is -0.390. The van der Waals surface area contributed by atoms with E-state index in [4.69, 9.17) is 4.74 Å². The summed E-state index contributed by atoms with van der Waals surface area (Å²) in [5, 5.41) is 7.81. The summed E-state index contributed by atoms with van der Waals surface area (Å²) in [6.45, 7) is 5.81. The number of aryl methyl sites for hydroxylation is 2. The van der Waals surface area contributed by atoms with Crippen molar-refractivity contribution < 1.29 is 4.74 Å². The summed E-state index contributed by atoms with van der Waals surface area (Å²) in [6, 6.07) is 0. The van der Waals surface area contributed by atoms with E-state index in [9.17, 15) is 0 Å². The minimum absolute atomic E-state index is 0.639. The Morgan fingerprint density at radius 2 is 2.41 bits per heavy atom. The van der Waals surface area contributed by atoms with Crippen LogP contribution in [0, 0.1) is 5.92 Å². The van der Waals surface area contributed by atoms with Crippen LogP contribution in [0.4, 0.5) is 0 Å². The van der Waals surface area contributed by atoms with E-state index in [0.717, 1.165) is 42.0 Å². The third kappa shape index (κ3) is 3.09. The second-order valence-corrected chi connectivity index (χ2v) is 5.35. The fourth-order valence-electron chi connectivity index (χ4n) is 2.16. The van der Waals surface area contributed by atoms with Crippen LogP contribution < -0.4 is 5.32 Å². The van der Waals surface area contributed by atoms with E-state index in [1.54, 1.807) is 0 Å². The molecular weight excluding hydrogens is 282 g/mol. The maximum Gasteiger partial charge on any atom is 0.0896 e. The van der Waals surface area contributed by atoms with Gasteiger partial charge in [0.05, 0.1) is 29.1 Å². The van der Waals surface area contributed by atoms with Gasteiger partial charge in [-0.1, -0.05) is 6.92 Å². The molecule has 1 N–H and O–H groups in total. The number of nitrogens with zero attached hydrogens (tertiary/aromatic N) is 2. The van der Waals surface area contributed by atoms with E-state index >= 15 is 0 Å². The fraction of sp³-hybridized carbons (Fsp3) is 0.750. The predicted octanol–water partition coefficient (Wildman–Crippen LogP) is 1.87. The number of aromatic nitrogens is 2. The van der Waals surface area contributed by atoms with Gasteiger partial charge in [-0.15, -0.1) is 0 Å². The summed E-state index contributed by atoms with van der Waals surface area (Å²) in [4.78, 5) is 0. The quantitative estimate of drug-likeness (QED) is 0.902. The Bertz CT molecular complexity index is 372. The Morgan fingerprint density at radius 3 is 3.00 bits per heavy atom. The molecule has 2 rings (SSSR count). The molecule has 0 spiro atoms. The molecule has 96 valence electrons. The van der Waals surface area contributed by atoms with Gasteiger partial charge >= 0.3 is 0 Å². The van der Waals surface area contributed by atoms with Gasteiger partial charge in [0.25, 0.3) is 0 Å². The lowest BCUT2D eigenvalue weighted by Gasteiger charge is -2.09. The number of nitrogens with one attached hydrogen (secondary N) is 1. The van der Waals surface area contributed by atoms with Crippen LogP contribution >= 0.6 is 15.9 Å². The monoisotopic (exact) mass is 301 g/mol. The van der Waals surface area contributed by atoms with Crippen molar-refractivity contribution in [3.63, 3.8) is 0 Å². The summed E-state index contributed by atoms with van der Waals surface area (Å²) in [7, 11) is 1.97. The lowest BCUT2D eigenvalue weighted by atomic mass is 10.1. The first-order chi connectivity index (χ1) is 8.22. The molecule has 1 aromatic heterocycles. The lowest BCUT2D eigenvalue weighted by Crippen LogP contribution is -2.14. The molecule has 0 radical (unpaired) electrons. The molecule has 1 aromatic rings. The molecule has 0 bridgehead atoms. The van der Waals surface area contributed by atoms with Gasteiger partial charge in [-0.25, -0.2) is 0 Å². The highest BCUT2D eigenvalue weighted by molar-refractivity contribution is 9.10. The van der Waals surface area contributed by atoms with Crippen LogP contribution in [0.1, 0.15) is 24.7 Å². The van der Waals surface area contributed by atoms with Crippen molar-refractivity contribution in [2.75, 3.05) is 19.7 Å². The summed E-state index contributed by atoms with van der Waals surface area (Å²) in [5.41, 5.74) is 2.24. The Morgan fingerprint density at radius 1 is 1.59 bits per heavy atom. The summed E-state index contributed by atoms with van der Waals surface area (Å²) < 4.78 is 8.81. The molecule has 1 aliphatic rings. The second kappa shape index (κ2) is 5.98. The van der Waals surface area contributed by atoms with E-state index in [-0.39, 0.29) is 0 Å². The van der Waals surface area contributed by atoms with Crippen LogP contribution in [0.5, 0.6) is 0 Å². The van der Waals surface area contributed by atoms with E-state index in [1.807, 2.05) is 11.7 Å². The predicted molar refractivity (Wildman–Crippen MR) is 70.9 cm³/mol. The highest BCUT2D eigenvalue weighted by Gasteiger charge is 2.16. The van der Waals surface area contributed by atoms with Crippen molar-refractivity contribution in [2.45, 2.75) is 26.4 Å². The van der Waals surface area contributed by atoms with Gasteiger partial charge < -0.3 is 10.1 Å². The SMILES string of the molecule is CCc1nn(C)c(COCC2CCNC2)c1Br. The lowest BCUT2D eigenvalue weighted by molar-refractivity contribution is 0.0878. The number of halogens is 1. The number of ether oxygens (including phenoxy) is 1. The van der Waals surface area contributed by atoms with Crippen molar-refractivity contribution in [2.24, 2.45) is 13.0 Å². The highest BCUT2D eigenvalue weighted by Crippen LogP contribution is 2.22. The van der Waals surface area contributed by atoms with Gasteiger partial charge in [0.15, 0.2) is 0 Å². The Labute approximate surface area is 111 Å². The van der Waals surface area contributed by atoms with Crippen molar-refractivity contribution in [1.29, 1.82) is 0 Å². The smallest absolute Gasteiger partial charge is 0.0896 e. The zero-order valence-electron chi connectivity index (χ0n) is 10.5. The second-order valence-electron chi connectivity index (χ2n) is 4.56. The van der Waals surface area contributed by atoms with Gasteiger partial charge in [-0.2, -0.15) is 5.10 Å². The molecule has 1 unspecified atom stereocenters. The van der Waals surface area contributed by atoms with E-state index in [2.05, 4.69) is 33.3 Å². The molecule has 17 heavy (non-hydrogen) atoms. The molecule has 1 saturated heterocycles. The van der Waals surface area contributed by atoms with Crippen molar-refractivity contribution in [3.05, 3.63) is 15.9 Å². The third-order valence-electron chi connectivity index (χ3n) is 3.26. The van der Waals surface area contributed by atoms with Crippen LogP contribution in [0.25, 0.3) is 0 Å². The molecule has 0 saturated carbocycles. The average Bonchev–Trinajstić information content (AvgIpc) is 2.91. The fourth-order valence-corrected chi connectivity index (χ4v) is 2.89. The van der Waals surface area contributed by atoms with Crippen molar-refractivity contribution in [3.8, 4) is 0 Å². The topological polar surface area (TPSA) is 39.1 Å². The molecule has 5 heteroatoms. The van der Waals surface area contributed by atoms with Gasteiger partial charge in [-0.05, 0) is 41.2 Å². The van der Waals surface area contributed by atoms with Crippen LogP contribution in [0.2, 0.25) is 0 Å². The molecule has 0 aromatic carbocycles. The third-order valence-corrected chi connectivity index (χ3v) is 4.17. The van der Waals surface area contributed by atoms with Crippen LogP contribution in [-0.4, -0.2) is 29.5 Å². The molecule has 1 fully saturated rings. The molecule has 1 aliphatic heterocycles. The van der Waals surface area contributed by atoms with Gasteiger partial charge in [-0.3, -0.25) is 4.68 Å². The van der Waals surface area contributed by atoms with E-state index in [1.165, 1.54) is 6.42 Å². The van der Waals surface area contributed by atoms with Crippen molar-refractivity contribution in [1.82, 2.24) is 15.1 Å². The van der Waals surface area contributed by atoms with Crippen molar-refractivity contribution >= 4 is 15.9 Å². The molecule has 2 heterocycles. The first-order valence-corrected chi connectivity index (χ1v) is 7.00. The molecule has 0 amide bonds. The minimum Gasteiger partial charge on any atom is -0.375 e. The van der Waals surface area contributed by atoms with Gasteiger partial charge in [0, 0.05) is 13.6 Å². The number of hydrogen-bond acceptors (Lipinski definition) is 3. The summed E-state index contributed by atoms with van der Waals surface area (Å²) in [5.74, 6) is 0.674. The van der Waals surface area contributed by atoms with Gasteiger partial charge in [0.2, 0.25) is 0 Å². The normalized spacial score (nSPS) is 20.1. The highest BCUT2D eigenvalue weighted by atomic mass is 79.9. The first kappa shape index (κ1) is 13.1. The van der Waals surface area contributed by atoms with Gasteiger partial charge in [0.1, 0.15) is 0 Å². The van der Waals surface area contributed by atoms with Crippen LogP contribution in [0.15, 0.2) is 4.47 Å². The van der Waals surface area contributed by atoms with Crippen LogP contribution in [0.3, 0.4) is 0 Å². The minimum atomic E-state index is 0.639. The standard InChI is InChI=1S/C12H20BrN3O/c1-3-10-12(13)11(16(2)15-10)8-17-7-9-4-5-14-6-9/h9,14H,3-8H2,1-2H3. The molecule has 1 atom stereocenters.